The zero-order chi connectivity index (χ0) is 9.84. The normalized spacial score (nSPS) is 40.6. The Morgan fingerprint density at radius 3 is 2.62 bits per heavy atom. The first-order valence-corrected chi connectivity index (χ1v) is 4.91. The summed E-state index contributed by atoms with van der Waals surface area (Å²) in [7, 11) is 0. The highest BCUT2D eigenvalue weighted by molar-refractivity contribution is 4.91. The Labute approximate surface area is 78.6 Å². The molecule has 0 spiro atoms. The van der Waals surface area contributed by atoms with Gasteiger partial charge in [0.15, 0.2) is 0 Å². The number of β-amino-alcohol motifs (C(OH)–C–C–N with tert-alkyl or cyclic N) is 1. The number of aliphatic hydroxyl groups excluding tert-OH is 3. The highest BCUT2D eigenvalue weighted by Gasteiger charge is 2.36. The van der Waals surface area contributed by atoms with Crippen molar-refractivity contribution < 1.29 is 15.3 Å². The zero-order valence-electron chi connectivity index (χ0n) is 7.98. The third-order valence-corrected chi connectivity index (χ3v) is 2.75. The Bertz CT molecular complexity index is 154. The highest BCUT2D eigenvalue weighted by atomic mass is 16.3. The van der Waals surface area contributed by atoms with Gasteiger partial charge in [-0.1, -0.05) is 13.3 Å². The first kappa shape index (κ1) is 10.9. The Kier molecular flexibility index (Phi) is 4.12. The summed E-state index contributed by atoms with van der Waals surface area (Å²) in [5, 5.41) is 31.1. The van der Waals surface area contributed by atoms with E-state index in [4.69, 9.17) is 5.11 Å². The fourth-order valence-corrected chi connectivity index (χ4v) is 1.93. The van der Waals surface area contributed by atoms with Crippen molar-refractivity contribution in [1.82, 2.24) is 5.32 Å². The second-order valence-electron chi connectivity index (χ2n) is 3.71. The van der Waals surface area contributed by atoms with Crippen LogP contribution in [0.5, 0.6) is 0 Å². The van der Waals surface area contributed by atoms with Gasteiger partial charge in [0.1, 0.15) is 0 Å². The van der Waals surface area contributed by atoms with Crippen LogP contribution in [-0.4, -0.2) is 46.7 Å². The van der Waals surface area contributed by atoms with Crippen molar-refractivity contribution in [3.63, 3.8) is 0 Å². The van der Waals surface area contributed by atoms with E-state index in [0.29, 0.717) is 6.54 Å². The summed E-state index contributed by atoms with van der Waals surface area (Å²) < 4.78 is 0. The highest BCUT2D eigenvalue weighted by Crippen LogP contribution is 2.20. The van der Waals surface area contributed by atoms with E-state index in [1.54, 1.807) is 0 Å². The molecule has 4 atom stereocenters. The van der Waals surface area contributed by atoms with Crippen LogP contribution in [-0.2, 0) is 0 Å². The first-order chi connectivity index (χ1) is 6.20. The monoisotopic (exact) mass is 189 g/mol. The minimum Gasteiger partial charge on any atom is -0.396 e. The summed E-state index contributed by atoms with van der Waals surface area (Å²) in [6.45, 7) is 2.41. The number of aliphatic hydroxyl groups is 3. The van der Waals surface area contributed by atoms with Crippen LogP contribution >= 0.6 is 0 Å². The topological polar surface area (TPSA) is 72.7 Å². The summed E-state index contributed by atoms with van der Waals surface area (Å²) in [4.78, 5) is 0. The molecule has 0 aromatic heterocycles. The molecule has 4 heteroatoms. The van der Waals surface area contributed by atoms with Crippen molar-refractivity contribution in [1.29, 1.82) is 0 Å². The molecule has 0 aromatic carbocycles. The van der Waals surface area contributed by atoms with E-state index in [9.17, 15) is 10.2 Å². The van der Waals surface area contributed by atoms with Gasteiger partial charge in [0, 0.05) is 25.1 Å². The predicted molar refractivity (Wildman–Crippen MR) is 49.3 cm³/mol. The predicted octanol–water partition coefficient (Wildman–Crippen LogP) is -0.911. The summed E-state index contributed by atoms with van der Waals surface area (Å²) in [6, 6.07) is 0.133. The summed E-state index contributed by atoms with van der Waals surface area (Å²) in [6.07, 6.45) is 0.402. The summed E-state index contributed by atoms with van der Waals surface area (Å²) >= 11 is 0. The molecule has 78 valence electrons. The van der Waals surface area contributed by atoms with Gasteiger partial charge in [-0.3, -0.25) is 0 Å². The van der Waals surface area contributed by atoms with E-state index in [0.717, 1.165) is 12.8 Å². The van der Waals surface area contributed by atoms with Crippen LogP contribution in [0.1, 0.15) is 19.8 Å². The number of rotatable bonds is 3. The fraction of sp³-hybridized carbons (Fsp3) is 1.00. The van der Waals surface area contributed by atoms with Crippen molar-refractivity contribution in [2.45, 2.75) is 38.0 Å². The largest absolute Gasteiger partial charge is 0.396 e. The molecule has 0 bridgehead atoms. The molecule has 1 fully saturated rings. The second kappa shape index (κ2) is 4.91. The minimum absolute atomic E-state index is 0.0735. The molecule has 1 aliphatic rings. The molecule has 4 N–H and O–H groups in total. The van der Waals surface area contributed by atoms with Gasteiger partial charge < -0.3 is 20.6 Å². The Morgan fingerprint density at radius 1 is 1.38 bits per heavy atom. The number of hydrogen-bond donors (Lipinski definition) is 4. The van der Waals surface area contributed by atoms with Crippen LogP contribution in [0.25, 0.3) is 0 Å². The van der Waals surface area contributed by atoms with Crippen molar-refractivity contribution in [3.8, 4) is 0 Å². The second-order valence-corrected chi connectivity index (χ2v) is 3.71. The number of nitrogens with one attached hydrogen (secondary N) is 1. The molecular weight excluding hydrogens is 170 g/mol. The molecule has 0 radical (unpaired) electrons. The average molecular weight is 189 g/mol. The molecule has 4 nitrogen and oxygen atoms in total. The van der Waals surface area contributed by atoms with Crippen molar-refractivity contribution in [3.05, 3.63) is 0 Å². The molecule has 13 heavy (non-hydrogen) atoms. The van der Waals surface area contributed by atoms with E-state index in [1.807, 2.05) is 0 Å². The van der Waals surface area contributed by atoms with E-state index >= 15 is 0 Å². The van der Waals surface area contributed by atoms with Crippen LogP contribution in [0.4, 0.5) is 0 Å². The number of piperidine rings is 1. The van der Waals surface area contributed by atoms with Gasteiger partial charge in [-0.15, -0.1) is 0 Å². The molecule has 0 saturated carbocycles. The van der Waals surface area contributed by atoms with Gasteiger partial charge in [-0.2, -0.15) is 0 Å². The maximum atomic E-state index is 9.58. The van der Waals surface area contributed by atoms with Crippen LogP contribution < -0.4 is 5.32 Å². The smallest absolute Gasteiger partial charge is 0.0927 e. The third-order valence-electron chi connectivity index (χ3n) is 2.75. The van der Waals surface area contributed by atoms with Gasteiger partial charge >= 0.3 is 0 Å². The van der Waals surface area contributed by atoms with E-state index < -0.39 is 12.2 Å². The molecule has 0 aliphatic carbocycles. The molecule has 0 aromatic rings. The Balaban J connectivity index is 2.55. The lowest BCUT2D eigenvalue weighted by atomic mass is 9.85. The summed E-state index contributed by atoms with van der Waals surface area (Å²) in [5.74, 6) is -0.233. The molecule has 4 unspecified atom stereocenters. The van der Waals surface area contributed by atoms with Gasteiger partial charge in [-0.05, 0) is 6.42 Å². The van der Waals surface area contributed by atoms with Gasteiger partial charge in [0.05, 0.1) is 12.2 Å². The molecule has 1 saturated heterocycles. The molecule has 0 amide bonds. The molecule has 1 rings (SSSR count). The van der Waals surface area contributed by atoms with Gasteiger partial charge in [-0.25, -0.2) is 0 Å². The minimum atomic E-state index is -0.789. The summed E-state index contributed by atoms with van der Waals surface area (Å²) in [5.41, 5.74) is 0. The fourth-order valence-electron chi connectivity index (χ4n) is 1.93. The van der Waals surface area contributed by atoms with E-state index in [2.05, 4.69) is 12.2 Å². The van der Waals surface area contributed by atoms with Crippen molar-refractivity contribution >= 4 is 0 Å². The van der Waals surface area contributed by atoms with E-state index in [1.165, 1.54) is 0 Å². The third kappa shape index (κ3) is 2.40. The SMILES string of the molecule is CCCC1NCC(O)C(O)C1CO. The molecule has 1 aliphatic heterocycles. The first-order valence-electron chi connectivity index (χ1n) is 4.91. The zero-order valence-corrected chi connectivity index (χ0v) is 7.98. The van der Waals surface area contributed by atoms with Crippen molar-refractivity contribution in [2.24, 2.45) is 5.92 Å². The quantitative estimate of drug-likeness (QED) is 0.464. The standard InChI is InChI=1S/C9H19NO3/c1-2-3-7-6(5-11)9(13)8(12)4-10-7/h6-13H,2-5H2,1H3. The van der Waals surface area contributed by atoms with E-state index in [-0.39, 0.29) is 18.6 Å². The van der Waals surface area contributed by atoms with Crippen LogP contribution in [0.3, 0.4) is 0 Å². The van der Waals surface area contributed by atoms with Gasteiger partial charge in [0.25, 0.3) is 0 Å². The lowest BCUT2D eigenvalue weighted by Gasteiger charge is -2.38. The van der Waals surface area contributed by atoms with Gasteiger partial charge in [0.2, 0.25) is 0 Å². The maximum absolute atomic E-state index is 9.58. The lowest BCUT2D eigenvalue weighted by Crippen LogP contribution is -2.57. The van der Waals surface area contributed by atoms with Crippen LogP contribution in [0.15, 0.2) is 0 Å². The average Bonchev–Trinajstić information content (AvgIpc) is 2.12. The van der Waals surface area contributed by atoms with Crippen LogP contribution in [0, 0.1) is 5.92 Å². The lowest BCUT2D eigenvalue weighted by molar-refractivity contribution is -0.0677. The Hall–Kier alpha value is -0.160. The van der Waals surface area contributed by atoms with Crippen LogP contribution in [0.2, 0.25) is 0 Å². The van der Waals surface area contributed by atoms with Crippen molar-refractivity contribution in [2.75, 3.05) is 13.2 Å². The molecule has 1 heterocycles. The maximum Gasteiger partial charge on any atom is 0.0927 e. The molecular formula is C9H19NO3. The number of hydrogen-bond acceptors (Lipinski definition) is 4. The Morgan fingerprint density at radius 2 is 2.08 bits per heavy atom.